The van der Waals surface area contributed by atoms with E-state index >= 15 is 0 Å². The van der Waals surface area contributed by atoms with Gasteiger partial charge in [-0.25, -0.2) is 0 Å². The number of nitrogens with two attached hydrogens (primary N) is 2. The van der Waals surface area contributed by atoms with Crippen molar-refractivity contribution < 1.29 is 28.9 Å². The molecule has 0 unspecified atom stereocenters. The number of amides is 2. The number of carbonyl (C=O) groups excluding carboxylic acids is 2. The molecule has 1 aromatic carbocycles. The third kappa shape index (κ3) is 11.7. The highest BCUT2D eigenvalue weighted by Gasteiger charge is 2.32. The molecule has 39 heavy (non-hydrogen) atoms. The van der Waals surface area contributed by atoms with Gasteiger partial charge in [0.2, 0.25) is 11.8 Å². The molecule has 0 spiro atoms. The molecule has 0 saturated heterocycles. The van der Waals surface area contributed by atoms with Gasteiger partial charge in [-0.2, -0.15) is 0 Å². The summed E-state index contributed by atoms with van der Waals surface area (Å²) in [4.78, 5) is 24.5. The molecule has 0 aromatic heterocycles. The fourth-order valence-electron chi connectivity index (χ4n) is 4.39. The van der Waals surface area contributed by atoms with Crippen LogP contribution in [0, 0.1) is 29.1 Å². The van der Waals surface area contributed by atoms with Gasteiger partial charge in [0.25, 0.3) is 0 Å². The summed E-state index contributed by atoms with van der Waals surface area (Å²) in [6.45, 7) is 12.9. The molecule has 0 aliphatic carbocycles. The van der Waals surface area contributed by atoms with Crippen molar-refractivity contribution in [2.75, 3.05) is 34.0 Å². The highest BCUT2D eigenvalue weighted by Crippen LogP contribution is 2.32. The predicted octanol–water partition coefficient (Wildman–Crippen LogP) is 3.29. The fourth-order valence-corrected chi connectivity index (χ4v) is 4.39. The summed E-state index contributed by atoms with van der Waals surface area (Å²) in [6, 6.07) is 5.47. The molecular formula is C30H53N3O6. The van der Waals surface area contributed by atoms with E-state index in [1.807, 2.05) is 32.0 Å². The number of aliphatic hydroxyl groups excluding tert-OH is 1. The van der Waals surface area contributed by atoms with Crippen molar-refractivity contribution in [1.82, 2.24) is 5.32 Å². The maximum Gasteiger partial charge on any atom is 0.224 e. The molecule has 1 rings (SSSR count). The van der Waals surface area contributed by atoms with Gasteiger partial charge >= 0.3 is 0 Å². The van der Waals surface area contributed by atoms with Crippen LogP contribution in [0.1, 0.15) is 66.4 Å². The minimum absolute atomic E-state index is 0.00829. The van der Waals surface area contributed by atoms with E-state index in [9.17, 15) is 14.7 Å². The molecule has 0 heterocycles. The van der Waals surface area contributed by atoms with E-state index in [1.165, 1.54) is 0 Å². The number of hydrogen-bond donors (Lipinski definition) is 4. The van der Waals surface area contributed by atoms with Crippen LogP contribution in [0.15, 0.2) is 18.2 Å². The summed E-state index contributed by atoms with van der Waals surface area (Å²) < 4.78 is 16.5. The van der Waals surface area contributed by atoms with Gasteiger partial charge in [-0.15, -0.1) is 0 Å². The van der Waals surface area contributed by atoms with E-state index in [2.05, 4.69) is 19.2 Å². The van der Waals surface area contributed by atoms with E-state index in [4.69, 9.17) is 25.7 Å². The second-order valence-electron chi connectivity index (χ2n) is 11.9. The number of ether oxygens (including phenoxy) is 3. The standard InChI is InChI=1S/C30H53N3O6/c1-19(2)22(14-21-10-11-26(38-8)27(15-21)39-13-9-12-37-7)16-24(31)25(34)17-23(20(3)4)28(35)33-18-30(5,6)29(32)36/h10-11,15,19-20,22-25,34H,9,12-14,16-18,31H2,1-8H3,(H2,32,36)(H,33,35)/t22-,23+,24+,25+/m0/s1. The zero-order valence-electron chi connectivity index (χ0n) is 25.3. The fraction of sp³-hybridized carbons (Fsp3) is 0.733. The van der Waals surface area contributed by atoms with Crippen LogP contribution in [-0.2, 0) is 20.7 Å². The predicted molar refractivity (Wildman–Crippen MR) is 155 cm³/mol. The second-order valence-corrected chi connectivity index (χ2v) is 11.9. The Labute approximate surface area is 235 Å². The summed E-state index contributed by atoms with van der Waals surface area (Å²) in [5, 5.41) is 13.9. The molecule has 9 nitrogen and oxygen atoms in total. The minimum atomic E-state index is -0.854. The van der Waals surface area contributed by atoms with Crippen LogP contribution in [0.3, 0.4) is 0 Å². The van der Waals surface area contributed by atoms with Gasteiger partial charge in [0, 0.05) is 38.6 Å². The number of rotatable bonds is 19. The molecule has 0 radical (unpaired) electrons. The average Bonchev–Trinajstić information content (AvgIpc) is 2.87. The molecule has 0 fully saturated rings. The van der Waals surface area contributed by atoms with Crippen molar-refractivity contribution in [1.29, 1.82) is 0 Å². The monoisotopic (exact) mass is 551 g/mol. The molecule has 9 heteroatoms. The zero-order chi connectivity index (χ0) is 29.8. The Bertz CT molecular complexity index is 889. The minimum Gasteiger partial charge on any atom is -0.493 e. The second kappa shape index (κ2) is 16.7. The largest absolute Gasteiger partial charge is 0.493 e. The zero-order valence-corrected chi connectivity index (χ0v) is 25.3. The molecule has 1 aromatic rings. The van der Waals surface area contributed by atoms with Gasteiger partial charge in [-0.1, -0.05) is 33.8 Å². The van der Waals surface area contributed by atoms with E-state index in [0.29, 0.717) is 37.1 Å². The van der Waals surface area contributed by atoms with E-state index < -0.39 is 29.4 Å². The van der Waals surface area contributed by atoms with Gasteiger partial charge in [0.1, 0.15) is 0 Å². The molecule has 0 bridgehead atoms. The topological polar surface area (TPSA) is 146 Å². The first kappa shape index (κ1) is 34.7. The van der Waals surface area contributed by atoms with Crippen LogP contribution in [0.4, 0.5) is 0 Å². The average molecular weight is 552 g/mol. The lowest BCUT2D eigenvalue weighted by molar-refractivity contribution is -0.130. The Hall–Kier alpha value is -2.36. The van der Waals surface area contributed by atoms with E-state index in [1.54, 1.807) is 28.1 Å². The first-order valence-electron chi connectivity index (χ1n) is 14.0. The maximum absolute atomic E-state index is 12.9. The van der Waals surface area contributed by atoms with Crippen molar-refractivity contribution in [3.05, 3.63) is 23.8 Å². The Morgan fingerprint density at radius 2 is 1.69 bits per heavy atom. The SMILES string of the molecule is COCCCOc1cc(C[C@@H](C[C@@H](N)[C@H](O)C[C@@H](C(=O)NCC(C)(C)C(N)=O)C(C)C)C(C)C)ccc1OC. The quantitative estimate of drug-likeness (QED) is 0.193. The number of benzene rings is 1. The van der Waals surface area contributed by atoms with E-state index in [-0.39, 0.29) is 30.7 Å². The third-order valence-electron chi connectivity index (χ3n) is 7.50. The van der Waals surface area contributed by atoms with Crippen LogP contribution < -0.4 is 26.3 Å². The van der Waals surface area contributed by atoms with E-state index in [0.717, 1.165) is 18.4 Å². The highest BCUT2D eigenvalue weighted by molar-refractivity contribution is 5.83. The number of primary amides is 1. The first-order valence-corrected chi connectivity index (χ1v) is 14.0. The van der Waals surface area contributed by atoms with Crippen LogP contribution in [0.25, 0.3) is 0 Å². The lowest BCUT2D eigenvalue weighted by atomic mass is 9.80. The van der Waals surface area contributed by atoms with Gasteiger partial charge in [-0.05, 0) is 68.6 Å². The molecular weight excluding hydrogens is 498 g/mol. The van der Waals surface area contributed by atoms with Crippen LogP contribution >= 0.6 is 0 Å². The lowest BCUT2D eigenvalue weighted by Crippen LogP contribution is -2.46. The van der Waals surface area contributed by atoms with Gasteiger partial charge in [0.15, 0.2) is 11.5 Å². The highest BCUT2D eigenvalue weighted by atomic mass is 16.5. The van der Waals surface area contributed by atoms with Gasteiger partial charge in [-0.3, -0.25) is 9.59 Å². The summed E-state index contributed by atoms with van der Waals surface area (Å²) in [7, 11) is 3.29. The van der Waals surface area contributed by atoms with Crippen molar-refractivity contribution in [2.45, 2.75) is 79.4 Å². The maximum atomic E-state index is 12.9. The van der Waals surface area contributed by atoms with Crippen LogP contribution in [0.2, 0.25) is 0 Å². The summed E-state index contributed by atoms with van der Waals surface area (Å²) >= 11 is 0. The summed E-state index contributed by atoms with van der Waals surface area (Å²) in [5.74, 6) is 0.792. The normalized spacial score (nSPS) is 15.1. The molecule has 4 atom stereocenters. The Balaban J connectivity index is 2.87. The van der Waals surface area contributed by atoms with Gasteiger partial charge in [0.05, 0.1) is 25.2 Å². The number of methoxy groups -OCH3 is 2. The lowest BCUT2D eigenvalue weighted by Gasteiger charge is -2.30. The number of carbonyl (C=O) groups is 2. The molecule has 0 aliphatic heterocycles. The number of hydrogen-bond acceptors (Lipinski definition) is 7. The van der Waals surface area contributed by atoms with Crippen LogP contribution in [-0.4, -0.2) is 63.0 Å². The Morgan fingerprint density at radius 3 is 2.23 bits per heavy atom. The van der Waals surface area contributed by atoms with Crippen LogP contribution in [0.5, 0.6) is 11.5 Å². The third-order valence-corrected chi connectivity index (χ3v) is 7.50. The first-order chi connectivity index (χ1) is 18.2. The molecule has 0 saturated carbocycles. The summed E-state index contributed by atoms with van der Waals surface area (Å²) in [6.07, 6.45) is 1.56. The van der Waals surface area contributed by atoms with Crippen molar-refractivity contribution in [3.8, 4) is 11.5 Å². The van der Waals surface area contributed by atoms with Crippen molar-refractivity contribution in [3.63, 3.8) is 0 Å². The Kier molecular flexibility index (Phi) is 14.8. The van der Waals surface area contributed by atoms with Crippen molar-refractivity contribution in [2.24, 2.45) is 40.6 Å². The van der Waals surface area contributed by atoms with Crippen molar-refractivity contribution >= 4 is 11.8 Å². The molecule has 224 valence electrons. The number of aliphatic hydroxyl groups is 1. The molecule has 0 aliphatic rings. The smallest absolute Gasteiger partial charge is 0.224 e. The van der Waals surface area contributed by atoms with Gasteiger partial charge < -0.3 is 36.1 Å². The molecule has 6 N–H and O–H groups in total. The molecule has 2 amide bonds. The Morgan fingerprint density at radius 1 is 1.03 bits per heavy atom. The summed E-state index contributed by atoms with van der Waals surface area (Å²) in [5.41, 5.74) is 12.2. The number of nitrogens with one attached hydrogen (secondary N) is 1.